The van der Waals surface area contributed by atoms with Gasteiger partial charge in [0.05, 0.1) is 17.0 Å². The van der Waals surface area contributed by atoms with E-state index in [2.05, 4.69) is 15.3 Å². The maximum absolute atomic E-state index is 14.1. The number of hydrogen-bond donors (Lipinski definition) is 2. The lowest BCUT2D eigenvalue weighted by atomic mass is 9.81. The molecule has 1 fully saturated rings. The normalized spacial score (nSPS) is 27.8. The first-order valence-corrected chi connectivity index (χ1v) is 8.66. The minimum atomic E-state index is -0.374. The maximum Gasteiger partial charge on any atom is 0.147 e. The van der Waals surface area contributed by atoms with Crippen molar-refractivity contribution in [3.63, 3.8) is 0 Å². The number of nitrogens with zero attached hydrogens (tertiary/aromatic N) is 1. The van der Waals surface area contributed by atoms with Gasteiger partial charge in [-0.05, 0) is 37.3 Å². The van der Waals surface area contributed by atoms with Gasteiger partial charge in [-0.15, -0.1) is 0 Å². The lowest BCUT2D eigenvalue weighted by Gasteiger charge is -2.33. The SMILES string of the molecule is Fc1ccccc1C1N=Cc2[nH]c3c(c2N1)CC1(CCCO1)CC3. The van der Waals surface area contributed by atoms with E-state index in [0.717, 1.165) is 50.1 Å². The number of ether oxygens (including phenoxy) is 1. The summed E-state index contributed by atoms with van der Waals surface area (Å²) in [4.78, 5) is 7.98. The molecule has 1 saturated heterocycles. The number of H-pyrrole nitrogens is 1. The average Bonchev–Trinajstić information content (AvgIpc) is 3.20. The van der Waals surface area contributed by atoms with Gasteiger partial charge in [-0.1, -0.05) is 18.2 Å². The first-order chi connectivity index (χ1) is 11.7. The highest BCUT2D eigenvalue weighted by atomic mass is 19.1. The number of nitrogens with one attached hydrogen (secondary N) is 2. The number of anilines is 1. The first kappa shape index (κ1) is 14.2. The molecule has 1 aromatic heterocycles. The van der Waals surface area contributed by atoms with Gasteiger partial charge >= 0.3 is 0 Å². The largest absolute Gasteiger partial charge is 0.375 e. The van der Waals surface area contributed by atoms with Crippen molar-refractivity contribution in [3.8, 4) is 0 Å². The summed E-state index contributed by atoms with van der Waals surface area (Å²) in [7, 11) is 0. The number of aromatic amines is 1. The van der Waals surface area contributed by atoms with Gasteiger partial charge in [0.25, 0.3) is 0 Å². The van der Waals surface area contributed by atoms with Crippen LogP contribution in [-0.2, 0) is 17.6 Å². The van der Waals surface area contributed by atoms with E-state index in [0.29, 0.717) is 5.56 Å². The Kier molecular flexibility index (Phi) is 3.07. The summed E-state index contributed by atoms with van der Waals surface area (Å²) in [6, 6.07) is 6.82. The summed E-state index contributed by atoms with van der Waals surface area (Å²) < 4.78 is 20.2. The molecule has 2 N–H and O–H groups in total. The standard InChI is InChI=1S/C19H20FN3O/c20-14-5-2-1-4-12(14)18-21-11-16-17(23-18)13-10-19(7-3-9-24-19)8-6-15(13)22-16/h1-2,4-5,11,18,22-23H,3,6-10H2. The minimum Gasteiger partial charge on any atom is -0.375 e. The molecule has 5 rings (SSSR count). The summed E-state index contributed by atoms with van der Waals surface area (Å²) >= 11 is 0. The number of halogens is 1. The minimum absolute atomic E-state index is 0.00667. The molecule has 2 aromatic rings. The molecule has 1 aromatic carbocycles. The Hall–Kier alpha value is -2.14. The lowest BCUT2D eigenvalue weighted by Crippen LogP contribution is -2.35. The molecular weight excluding hydrogens is 305 g/mol. The topological polar surface area (TPSA) is 49.4 Å². The van der Waals surface area contributed by atoms with Crippen LogP contribution in [0.15, 0.2) is 29.3 Å². The van der Waals surface area contributed by atoms with E-state index in [1.165, 1.54) is 17.3 Å². The molecule has 2 aliphatic heterocycles. The highest BCUT2D eigenvalue weighted by Gasteiger charge is 2.41. The van der Waals surface area contributed by atoms with Crippen LogP contribution in [0, 0.1) is 5.82 Å². The second-order valence-electron chi connectivity index (χ2n) is 7.03. The summed E-state index contributed by atoms with van der Waals surface area (Å²) in [5.74, 6) is -0.226. The van der Waals surface area contributed by atoms with E-state index >= 15 is 0 Å². The van der Waals surface area contributed by atoms with E-state index in [-0.39, 0.29) is 17.6 Å². The fraction of sp³-hybridized carbons (Fsp3) is 0.421. The Morgan fingerprint density at radius 3 is 3.00 bits per heavy atom. The quantitative estimate of drug-likeness (QED) is 0.839. The number of fused-ring (bicyclic) bond motifs is 3. The van der Waals surface area contributed by atoms with E-state index in [1.54, 1.807) is 12.1 Å². The van der Waals surface area contributed by atoms with Crippen molar-refractivity contribution >= 4 is 11.9 Å². The van der Waals surface area contributed by atoms with Crippen LogP contribution in [0.25, 0.3) is 0 Å². The molecule has 1 spiro atoms. The van der Waals surface area contributed by atoms with Crippen molar-refractivity contribution in [2.24, 2.45) is 4.99 Å². The lowest BCUT2D eigenvalue weighted by molar-refractivity contribution is -0.00661. The molecule has 3 aliphatic rings. The monoisotopic (exact) mass is 325 g/mol. The van der Waals surface area contributed by atoms with Gasteiger partial charge in [0.1, 0.15) is 12.0 Å². The highest BCUT2D eigenvalue weighted by Crippen LogP contribution is 2.43. The summed E-state index contributed by atoms with van der Waals surface area (Å²) in [6.07, 6.45) is 6.75. The van der Waals surface area contributed by atoms with Gasteiger partial charge in [0.15, 0.2) is 0 Å². The van der Waals surface area contributed by atoms with Gasteiger partial charge in [-0.2, -0.15) is 0 Å². The first-order valence-electron chi connectivity index (χ1n) is 8.66. The van der Waals surface area contributed by atoms with Gasteiger partial charge in [0, 0.05) is 30.5 Å². The van der Waals surface area contributed by atoms with Crippen LogP contribution in [0.2, 0.25) is 0 Å². The molecule has 3 heterocycles. The van der Waals surface area contributed by atoms with Crippen molar-refractivity contribution in [1.82, 2.24) is 4.98 Å². The van der Waals surface area contributed by atoms with E-state index < -0.39 is 0 Å². The zero-order chi connectivity index (χ0) is 16.1. The fourth-order valence-electron chi connectivity index (χ4n) is 4.32. The predicted octanol–water partition coefficient (Wildman–Crippen LogP) is 3.73. The van der Waals surface area contributed by atoms with Crippen LogP contribution >= 0.6 is 0 Å². The molecule has 1 aliphatic carbocycles. The molecule has 124 valence electrons. The molecular formula is C19H20FN3O. The van der Waals surface area contributed by atoms with Crippen LogP contribution in [0.1, 0.15) is 47.9 Å². The summed E-state index contributed by atoms with van der Waals surface area (Å²) in [5.41, 5.74) is 5.23. The molecule has 0 radical (unpaired) electrons. The van der Waals surface area contributed by atoms with Gasteiger partial charge < -0.3 is 15.0 Å². The van der Waals surface area contributed by atoms with Gasteiger partial charge in [-0.25, -0.2) is 4.39 Å². The number of aryl methyl sites for hydroxylation is 1. The third-order valence-electron chi connectivity index (χ3n) is 5.57. The third kappa shape index (κ3) is 2.11. The third-order valence-corrected chi connectivity index (χ3v) is 5.57. The van der Waals surface area contributed by atoms with E-state index in [4.69, 9.17) is 4.74 Å². The average molecular weight is 325 g/mol. The maximum atomic E-state index is 14.1. The van der Waals surface area contributed by atoms with Crippen LogP contribution in [0.4, 0.5) is 10.1 Å². The Morgan fingerprint density at radius 1 is 1.25 bits per heavy atom. The van der Waals surface area contributed by atoms with Crippen molar-refractivity contribution in [1.29, 1.82) is 0 Å². The molecule has 0 bridgehead atoms. The second-order valence-corrected chi connectivity index (χ2v) is 7.03. The van der Waals surface area contributed by atoms with Crippen molar-refractivity contribution in [2.75, 3.05) is 11.9 Å². The number of aliphatic imine (C=N–C) groups is 1. The van der Waals surface area contributed by atoms with Crippen molar-refractivity contribution in [3.05, 3.63) is 52.6 Å². The number of rotatable bonds is 1. The highest BCUT2D eigenvalue weighted by molar-refractivity contribution is 5.90. The Bertz CT molecular complexity index is 820. The van der Waals surface area contributed by atoms with Crippen LogP contribution in [0.3, 0.4) is 0 Å². The molecule has 4 nitrogen and oxygen atoms in total. The van der Waals surface area contributed by atoms with Crippen LogP contribution < -0.4 is 5.32 Å². The zero-order valence-corrected chi connectivity index (χ0v) is 13.4. The number of aromatic nitrogens is 1. The molecule has 2 atom stereocenters. The van der Waals surface area contributed by atoms with Crippen molar-refractivity contribution in [2.45, 2.75) is 43.9 Å². The molecule has 0 amide bonds. The zero-order valence-electron chi connectivity index (χ0n) is 13.4. The summed E-state index contributed by atoms with van der Waals surface area (Å²) in [5, 5.41) is 3.44. The molecule has 24 heavy (non-hydrogen) atoms. The van der Waals surface area contributed by atoms with Gasteiger partial charge in [0.2, 0.25) is 0 Å². The van der Waals surface area contributed by atoms with Crippen molar-refractivity contribution < 1.29 is 9.13 Å². The van der Waals surface area contributed by atoms with E-state index in [1.807, 2.05) is 12.3 Å². The Labute approximate surface area is 140 Å². The fourth-order valence-corrected chi connectivity index (χ4v) is 4.32. The molecule has 0 saturated carbocycles. The molecule has 5 heteroatoms. The number of benzene rings is 1. The molecule has 2 unspecified atom stereocenters. The Morgan fingerprint density at radius 2 is 2.17 bits per heavy atom. The second kappa shape index (κ2) is 5.18. The van der Waals surface area contributed by atoms with Crippen LogP contribution in [0.5, 0.6) is 0 Å². The predicted molar refractivity (Wildman–Crippen MR) is 91.1 cm³/mol. The summed E-state index contributed by atoms with van der Waals surface area (Å²) in [6.45, 7) is 0.870. The smallest absolute Gasteiger partial charge is 0.147 e. The van der Waals surface area contributed by atoms with E-state index in [9.17, 15) is 4.39 Å². The number of hydrogen-bond acceptors (Lipinski definition) is 3. The van der Waals surface area contributed by atoms with Crippen LogP contribution in [-0.4, -0.2) is 23.4 Å². The Balaban J connectivity index is 1.51. The van der Waals surface area contributed by atoms with Gasteiger partial charge in [-0.3, -0.25) is 4.99 Å².